The molecule has 0 heterocycles. The minimum absolute atomic E-state index is 0.0492. The van der Waals surface area contributed by atoms with Crippen LogP contribution in [-0.2, 0) is 15.6 Å². The maximum atomic E-state index is 14.2. The molecule has 0 saturated heterocycles. The van der Waals surface area contributed by atoms with Gasteiger partial charge in [0.25, 0.3) is 0 Å². The van der Waals surface area contributed by atoms with Gasteiger partial charge in [-0.3, -0.25) is 0 Å². The van der Waals surface area contributed by atoms with Gasteiger partial charge in [0, 0.05) is 6.61 Å². The van der Waals surface area contributed by atoms with Gasteiger partial charge in [0.1, 0.15) is 17.2 Å². The number of halogens is 7. The van der Waals surface area contributed by atoms with Crippen LogP contribution in [0.2, 0.25) is 0 Å². The first-order chi connectivity index (χ1) is 15.5. The molecule has 188 valence electrons. The number of rotatable bonds is 8. The van der Waals surface area contributed by atoms with Crippen LogP contribution in [0.5, 0.6) is 0 Å². The average Bonchev–Trinajstić information content (AvgIpc) is 2.71. The second-order valence-corrected chi connectivity index (χ2v) is 9.41. The second-order valence-electron chi connectivity index (χ2n) is 9.41. The van der Waals surface area contributed by atoms with Gasteiger partial charge in [0.2, 0.25) is 0 Å². The van der Waals surface area contributed by atoms with E-state index in [-0.39, 0.29) is 17.6 Å². The van der Waals surface area contributed by atoms with Gasteiger partial charge in [-0.25, -0.2) is 13.5 Å². The quantitative estimate of drug-likeness (QED) is 0.346. The van der Waals surface area contributed by atoms with E-state index in [1.807, 2.05) is 0 Å². The predicted octanol–water partition coefficient (Wildman–Crippen LogP) is 8.20. The SMILES string of the molecule is CCCC1CCC(COC2CCC(c3cc(F)c(C(F)(F)OC(F)(F)F)c(F)c3)CC2)CC1. The normalized spacial score (nSPS) is 27.0. The van der Waals surface area contributed by atoms with Crippen molar-refractivity contribution >= 4 is 0 Å². The third kappa shape index (κ3) is 7.31. The van der Waals surface area contributed by atoms with Gasteiger partial charge < -0.3 is 4.74 Å². The molecule has 1 aromatic carbocycles. The Morgan fingerprint density at radius 1 is 0.818 bits per heavy atom. The van der Waals surface area contributed by atoms with E-state index in [1.54, 1.807) is 0 Å². The fourth-order valence-electron chi connectivity index (χ4n) is 5.23. The van der Waals surface area contributed by atoms with E-state index < -0.39 is 29.7 Å². The Hall–Kier alpha value is -1.35. The lowest BCUT2D eigenvalue weighted by molar-refractivity contribution is -0.432. The van der Waals surface area contributed by atoms with Crippen LogP contribution >= 0.6 is 0 Å². The summed E-state index contributed by atoms with van der Waals surface area (Å²) in [5.74, 6) is -2.39. The van der Waals surface area contributed by atoms with Crippen LogP contribution in [0.25, 0.3) is 0 Å². The van der Waals surface area contributed by atoms with Crippen molar-refractivity contribution in [2.24, 2.45) is 11.8 Å². The lowest BCUT2D eigenvalue weighted by Gasteiger charge is -2.32. The zero-order chi connectivity index (χ0) is 24.2. The molecule has 33 heavy (non-hydrogen) atoms. The molecule has 0 spiro atoms. The van der Waals surface area contributed by atoms with Crippen molar-refractivity contribution in [3.63, 3.8) is 0 Å². The molecule has 2 saturated carbocycles. The molecule has 0 amide bonds. The number of benzene rings is 1. The first kappa shape index (κ1) is 26.3. The summed E-state index contributed by atoms with van der Waals surface area (Å²) in [6.45, 7) is 2.92. The Balaban J connectivity index is 1.51. The molecule has 0 aromatic heterocycles. The Bertz CT molecular complexity index is 742. The summed E-state index contributed by atoms with van der Waals surface area (Å²) in [7, 11) is 0. The van der Waals surface area contributed by atoms with E-state index in [2.05, 4.69) is 11.7 Å². The summed E-state index contributed by atoms with van der Waals surface area (Å²) in [6, 6.07) is 1.37. The second kappa shape index (κ2) is 10.9. The fourth-order valence-corrected chi connectivity index (χ4v) is 5.23. The summed E-state index contributed by atoms with van der Waals surface area (Å²) in [4.78, 5) is 0. The minimum Gasteiger partial charge on any atom is -0.378 e. The van der Waals surface area contributed by atoms with Crippen LogP contribution in [-0.4, -0.2) is 19.1 Å². The Labute approximate surface area is 189 Å². The summed E-state index contributed by atoms with van der Waals surface area (Å²) >= 11 is 0. The molecule has 2 nitrogen and oxygen atoms in total. The van der Waals surface area contributed by atoms with Crippen LogP contribution in [0, 0.1) is 23.5 Å². The highest BCUT2D eigenvalue weighted by Gasteiger charge is 2.49. The highest BCUT2D eigenvalue weighted by molar-refractivity contribution is 5.31. The fraction of sp³-hybridized carbons (Fsp3) is 0.750. The van der Waals surface area contributed by atoms with E-state index in [0.717, 1.165) is 5.92 Å². The molecular weight excluding hydrogens is 453 g/mol. The number of ether oxygens (including phenoxy) is 2. The zero-order valence-corrected chi connectivity index (χ0v) is 18.7. The average molecular weight is 484 g/mol. The molecule has 1 aromatic rings. The standard InChI is InChI=1S/C24H31F7O2/c1-2-3-15-4-6-16(7-5-15)14-32-19-10-8-17(9-11-19)18-12-20(25)22(21(26)13-18)23(27,28)33-24(29,30)31/h12-13,15-17,19H,2-11,14H2,1H3. The smallest absolute Gasteiger partial charge is 0.378 e. The van der Waals surface area contributed by atoms with Crippen molar-refractivity contribution in [3.05, 3.63) is 34.9 Å². The summed E-state index contributed by atoms with van der Waals surface area (Å²) in [6.07, 6.45) is -1.05. The molecule has 9 heteroatoms. The molecular formula is C24H31F7O2. The molecule has 0 radical (unpaired) electrons. The largest absolute Gasteiger partial charge is 0.527 e. The van der Waals surface area contributed by atoms with E-state index in [4.69, 9.17) is 4.74 Å². The molecule has 3 rings (SSSR count). The number of hydrogen-bond acceptors (Lipinski definition) is 2. The van der Waals surface area contributed by atoms with Crippen LogP contribution in [0.15, 0.2) is 12.1 Å². The number of alkyl halides is 5. The summed E-state index contributed by atoms with van der Waals surface area (Å²) in [5, 5.41) is 0. The van der Waals surface area contributed by atoms with Gasteiger partial charge in [-0.2, -0.15) is 8.78 Å². The highest BCUT2D eigenvalue weighted by Crippen LogP contribution is 2.41. The molecule has 0 aliphatic heterocycles. The molecule has 2 aliphatic carbocycles. The summed E-state index contributed by atoms with van der Waals surface area (Å²) < 4.78 is 101. The van der Waals surface area contributed by atoms with Crippen LogP contribution in [0.3, 0.4) is 0 Å². The first-order valence-corrected chi connectivity index (χ1v) is 11.7. The van der Waals surface area contributed by atoms with Crippen molar-refractivity contribution in [1.82, 2.24) is 0 Å². The van der Waals surface area contributed by atoms with Gasteiger partial charge in [0.15, 0.2) is 0 Å². The highest BCUT2D eigenvalue weighted by atomic mass is 19.4. The third-order valence-electron chi connectivity index (χ3n) is 6.98. The third-order valence-corrected chi connectivity index (χ3v) is 6.98. The molecule has 0 atom stereocenters. The maximum absolute atomic E-state index is 14.2. The molecule has 0 N–H and O–H groups in total. The predicted molar refractivity (Wildman–Crippen MR) is 109 cm³/mol. The van der Waals surface area contributed by atoms with Crippen molar-refractivity contribution < 1.29 is 40.2 Å². The van der Waals surface area contributed by atoms with Gasteiger partial charge >= 0.3 is 12.5 Å². The molecule has 2 aliphatic rings. The lowest BCUT2D eigenvalue weighted by Crippen LogP contribution is -2.30. The van der Waals surface area contributed by atoms with Crippen molar-refractivity contribution in [3.8, 4) is 0 Å². The minimum atomic E-state index is -5.74. The van der Waals surface area contributed by atoms with Crippen molar-refractivity contribution in [1.29, 1.82) is 0 Å². The van der Waals surface area contributed by atoms with Gasteiger partial charge in [-0.05, 0) is 74.0 Å². The van der Waals surface area contributed by atoms with Crippen molar-refractivity contribution in [2.75, 3.05) is 6.61 Å². The number of hydrogen-bond donors (Lipinski definition) is 0. The van der Waals surface area contributed by atoms with Gasteiger partial charge in [-0.15, -0.1) is 13.2 Å². The maximum Gasteiger partial charge on any atom is 0.527 e. The zero-order valence-electron chi connectivity index (χ0n) is 18.7. The topological polar surface area (TPSA) is 18.5 Å². The summed E-state index contributed by atoms with van der Waals surface area (Å²) in [5.41, 5.74) is -1.88. The molecule has 0 unspecified atom stereocenters. The van der Waals surface area contributed by atoms with Crippen LogP contribution < -0.4 is 0 Å². The Morgan fingerprint density at radius 3 is 1.88 bits per heavy atom. The lowest BCUT2D eigenvalue weighted by atomic mass is 9.80. The van der Waals surface area contributed by atoms with Gasteiger partial charge in [-0.1, -0.05) is 32.6 Å². The van der Waals surface area contributed by atoms with Crippen LogP contribution in [0.1, 0.15) is 88.2 Å². The Morgan fingerprint density at radius 2 is 1.36 bits per heavy atom. The van der Waals surface area contributed by atoms with E-state index in [1.165, 1.54) is 38.5 Å². The first-order valence-electron chi connectivity index (χ1n) is 11.7. The molecule has 2 fully saturated rings. The van der Waals surface area contributed by atoms with Gasteiger partial charge in [0.05, 0.1) is 6.10 Å². The van der Waals surface area contributed by atoms with Crippen LogP contribution in [0.4, 0.5) is 30.7 Å². The monoisotopic (exact) mass is 484 g/mol. The Kier molecular flexibility index (Phi) is 8.70. The van der Waals surface area contributed by atoms with E-state index >= 15 is 0 Å². The van der Waals surface area contributed by atoms with E-state index in [0.29, 0.717) is 50.3 Å². The molecule has 0 bridgehead atoms. The van der Waals surface area contributed by atoms with Crippen molar-refractivity contribution in [2.45, 2.75) is 95.6 Å². The van der Waals surface area contributed by atoms with E-state index in [9.17, 15) is 30.7 Å².